The number of nitrogens with one attached hydrogen (secondary N) is 1. The first-order valence-electron chi connectivity index (χ1n) is 9.01. The van der Waals surface area contributed by atoms with Crippen molar-refractivity contribution in [2.24, 2.45) is 5.92 Å². The standard InChI is InChI=1S/C21H24N2O3/c1-2-26-19-10-8-18(9-11-19)22-21(25)17-14-20(24)23(15-17)13-12-16-6-4-3-5-7-16/h3-11,17H,2,12-15H2,1H3,(H,22,25). The molecule has 2 aromatic carbocycles. The highest BCUT2D eigenvalue weighted by Crippen LogP contribution is 2.21. The fourth-order valence-corrected chi connectivity index (χ4v) is 3.12. The summed E-state index contributed by atoms with van der Waals surface area (Å²) < 4.78 is 5.39. The minimum Gasteiger partial charge on any atom is -0.494 e. The summed E-state index contributed by atoms with van der Waals surface area (Å²) in [7, 11) is 0. The molecule has 1 unspecified atom stereocenters. The lowest BCUT2D eigenvalue weighted by Gasteiger charge is -2.16. The molecule has 0 bridgehead atoms. The monoisotopic (exact) mass is 352 g/mol. The fraction of sp³-hybridized carbons (Fsp3) is 0.333. The van der Waals surface area contributed by atoms with E-state index in [-0.39, 0.29) is 24.2 Å². The van der Waals surface area contributed by atoms with E-state index in [9.17, 15) is 9.59 Å². The molecule has 0 aliphatic carbocycles. The number of amides is 2. The molecule has 1 fully saturated rings. The number of ether oxygens (including phenoxy) is 1. The van der Waals surface area contributed by atoms with Crippen molar-refractivity contribution in [2.75, 3.05) is 25.0 Å². The molecule has 1 aliphatic heterocycles. The Balaban J connectivity index is 1.51. The smallest absolute Gasteiger partial charge is 0.229 e. The van der Waals surface area contributed by atoms with Crippen LogP contribution in [0.4, 0.5) is 5.69 Å². The molecular formula is C21H24N2O3. The van der Waals surface area contributed by atoms with E-state index >= 15 is 0 Å². The van der Waals surface area contributed by atoms with Crippen molar-refractivity contribution in [2.45, 2.75) is 19.8 Å². The Kier molecular flexibility index (Phi) is 5.89. The van der Waals surface area contributed by atoms with E-state index in [4.69, 9.17) is 4.74 Å². The predicted molar refractivity (Wildman–Crippen MR) is 101 cm³/mol. The van der Waals surface area contributed by atoms with Gasteiger partial charge in [-0.3, -0.25) is 9.59 Å². The van der Waals surface area contributed by atoms with Crippen LogP contribution in [0.5, 0.6) is 5.75 Å². The average Bonchev–Trinajstić information content (AvgIpc) is 3.04. The van der Waals surface area contributed by atoms with Crippen molar-refractivity contribution >= 4 is 17.5 Å². The van der Waals surface area contributed by atoms with E-state index in [0.717, 1.165) is 12.2 Å². The van der Waals surface area contributed by atoms with Gasteiger partial charge in [0, 0.05) is 25.2 Å². The molecule has 3 rings (SSSR count). The van der Waals surface area contributed by atoms with Gasteiger partial charge in [0.25, 0.3) is 0 Å². The van der Waals surface area contributed by atoms with Crippen molar-refractivity contribution in [3.8, 4) is 5.75 Å². The maximum absolute atomic E-state index is 12.5. The number of hydrogen-bond acceptors (Lipinski definition) is 3. The Morgan fingerprint density at radius 3 is 2.58 bits per heavy atom. The summed E-state index contributed by atoms with van der Waals surface area (Å²) in [5.41, 5.74) is 1.91. The van der Waals surface area contributed by atoms with Crippen molar-refractivity contribution in [1.82, 2.24) is 4.90 Å². The summed E-state index contributed by atoms with van der Waals surface area (Å²) in [6, 6.07) is 17.3. The van der Waals surface area contributed by atoms with Gasteiger partial charge in [0.15, 0.2) is 0 Å². The predicted octanol–water partition coefficient (Wildman–Crippen LogP) is 3.12. The molecular weight excluding hydrogens is 328 g/mol. The third kappa shape index (κ3) is 4.63. The third-order valence-electron chi connectivity index (χ3n) is 4.53. The number of anilines is 1. The second kappa shape index (κ2) is 8.52. The van der Waals surface area contributed by atoms with Crippen LogP contribution in [0.15, 0.2) is 54.6 Å². The topological polar surface area (TPSA) is 58.6 Å². The number of likely N-dealkylation sites (tertiary alicyclic amines) is 1. The second-order valence-electron chi connectivity index (χ2n) is 6.42. The van der Waals surface area contributed by atoms with Crippen LogP contribution in [0.1, 0.15) is 18.9 Å². The van der Waals surface area contributed by atoms with Gasteiger partial charge in [0.2, 0.25) is 11.8 Å². The van der Waals surface area contributed by atoms with E-state index in [1.165, 1.54) is 5.56 Å². The lowest BCUT2D eigenvalue weighted by atomic mass is 10.1. The van der Waals surface area contributed by atoms with E-state index in [1.807, 2.05) is 49.4 Å². The summed E-state index contributed by atoms with van der Waals surface area (Å²) in [5, 5.41) is 2.89. The number of benzene rings is 2. The summed E-state index contributed by atoms with van der Waals surface area (Å²) in [4.78, 5) is 26.5. The van der Waals surface area contributed by atoms with Gasteiger partial charge in [0.1, 0.15) is 5.75 Å². The zero-order chi connectivity index (χ0) is 18.4. The summed E-state index contributed by atoms with van der Waals surface area (Å²) in [5.74, 6) is 0.413. The number of nitrogens with zero attached hydrogens (tertiary/aromatic N) is 1. The fourth-order valence-electron chi connectivity index (χ4n) is 3.12. The highest BCUT2D eigenvalue weighted by molar-refractivity contribution is 5.97. The first-order chi connectivity index (χ1) is 12.7. The van der Waals surface area contributed by atoms with Gasteiger partial charge in [-0.05, 0) is 43.2 Å². The highest BCUT2D eigenvalue weighted by Gasteiger charge is 2.33. The summed E-state index contributed by atoms with van der Waals surface area (Å²) in [6.07, 6.45) is 1.08. The van der Waals surface area contributed by atoms with Crippen LogP contribution < -0.4 is 10.1 Å². The van der Waals surface area contributed by atoms with Gasteiger partial charge in [-0.2, -0.15) is 0 Å². The minimum atomic E-state index is -0.301. The van der Waals surface area contributed by atoms with Gasteiger partial charge < -0.3 is 15.0 Å². The molecule has 26 heavy (non-hydrogen) atoms. The lowest BCUT2D eigenvalue weighted by molar-refractivity contribution is -0.128. The SMILES string of the molecule is CCOc1ccc(NC(=O)C2CC(=O)N(CCc3ccccc3)C2)cc1. The Morgan fingerprint density at radius 2 is 1.88 bits per heavy atom. The molecule has 0 aromatic heterocycles. The van der Waals surface area contributed by atoms with E-state index in [1.54, 1.807) is 4.90 Å². The third-order valence-corrected chi connectivity index (χ3v) is 4.53. The zero-order valence-electron chi connectivity index (χ0n) is 15.0. The molecule has 1 atom stereocenters. The Labute approximate surface area is 154 Å². The van der Waals surface area contributed by atoms with Gasteiger partial charge >= 0.3 is 0 Å². The van der Waals surface area contributed by atoms with E-state index in [2.05, 4.69) is 17.4 Å². The summed E-state index contributed by atoms with van der Waals surface area (Å²) in [6.45, 7) is 3.66. The molecule has 1 aliphatic rings. The second-order valence-corrected chi connectivity index (χ2v) is 6.42. The largest absolute Gasteiger partial charge is 0.494 e. The molecule has 5 heteroatoms. The Bertz CT molecular complexity index is 744. The van der Waals surface area contributed by atoms with Crippen LogP contribution in [0.25, 0.3) is 0 Å². The Morgan fingerprint density at radius 1 is 1.15 bits per heavy atom. The number of rotatable bonds is 7. The van der Waals surface area contributed by atoms with Crippen molar-refractivity contribution in [1.29, 1.82) is 0 Å². The normalized spacial score (nSPS) is 16.6. The quantitative estimate of drug-likeness (QED) is 0.833. The van der Waals surface area contributed by atoms with Gasteiger partial charge in [-0.1, -0.05) is 30.3 Å². The van der Waals surface area contributed by atoms with Crippen LogP contribution in [-0.2, 0) is 16.0 Å². The van der Waals surface area contributed by atoms with Crippen LogP contribution in [0.3, 0.4) is 0 Å². The van der Waals surface area contributed by atoms with Crippen molar-refractivity contribution in [3.05, 3.63) is 60.2 Å². The van der Waals surface area contributed by atoms with E-state index < -0.39 is 0 Å². The van der Waals surface area contributed by atoms with Gasteiger partial charge in [0.05, 0.1) is 12.5 Å². The van der Waals surface area contributed by atoms with Crippen LogP contribution >= 0.6 is 0 Å². The maximum atomic E-state index is 12.5. The number of carbonyl (C=O) groups is 2. The highest BCUT2D eigenvalue weighted by atomic mass is 16.5. The molecule has 2 aromatic rings. The molecule has 0 saturated carbocycles. The molecule has 1 heterocycles. The van der Waals surface area contributed by atoms with E-state index in [0.29, 0.717) is 25.4 Å². The average molecular weight is 352 g/mol. The molecule has 136 valence electrons. The van der Waals surface area contributed by atoms with Crippen LogP contribution in [-0.4, -0.2) is 36.4 Å². The number of carbonyl (C=O) groups excluding carboxylic acids is 2. The molecule has 5 nitrogen and oxygen atoms in total. The van der Waals surface area contributed by atoms with Gasteiger partial charge in [-0.25, -0.2) is 0 Å². The zero-order valence-corrected chi connectivity index (χ0v) is 15.0. The number of hydrogen-bond donors (Lipinski definition) is 1. The summed E-state index contributed by atoms with van der Waals surface area (Å²) >= 11 is 0. The molecule has 1 saturated heterocycles. The molecule has 0 radical (unpaired) electrons. The van der Waals surface area contributed by atoms with Crippen molar-refractivity contribution < 1.29 is 14.3 Å². The molecule has 0 spiro atoms. The first kappa shape index (κ1) is 18.0. The molecule has 2 amide bonds. The minimum absolute atomic E-state index is 0.0489. The van der Waals surface area contributed by atoms with Crippen LogP contribution in [0.2, 0.25) is 0 Å². The lowest BCUT2D eigenvalue weighted by Crippen LogP contribution is -2.30. The van der Waals surface area contributed by atoms with Crippen LogP contribution in [0, 0.1) is 5.92 Å². The maximum Gasteiger partial charge on any atom is 0.229 e. The Hall–Kier alpha value is -2.82. The first-order valence-corrected chi connectivity index (χ1v) is 9.01. The molecule has 1 N–H and O–H groups in total. The van der Waals surface area contributed by atoms with Crippen molar-refractivity contribution in [3.63, 3.8) is 0 Å². The van der Waals surface area contributed by atoms with Gasteiger partial charge in [-0.15, -0.1) is 0 Å².